The largest absolute Gasteiger partial charge is 0.391 e. The molecule has 64 valence electrons. The number of rotatable bonds is 3. The van der Waals surface area contributed by atoms with Gasteiger partial charge in [0.25, 0.3) is 0 Å². The zero-order valence-corrected chi connectivity index (χ0v) is 7.67. The predicted molar refractivity (Wildman–Crippen MR) is 53.8 cm³/mol. The van der Waals surface area contributed by atoms with E-state index in [0.717, 1.165) is 6.54 Å². The summed E-state index contributed by atoms with van der Waals surface area (Å²) in [5, 5.41) is 3.18. The van der Waals surface area contributed by atoms with Crippen LogP contribution in [0.2, 0.25) is 0 Å². The van der Waals surface area contributed by atoms with E-state index in [9.17, 15) is 0 Å². The topological polar surface area (TPSA) is 12.0 Å². The smallest absolute Gasteiger partial charge is 0.0113 e. The average molecular weight is 161 g/mol. The normalized spacial score (nSPS) is 11.3. The van der Waals surface area contributed by atoms with E-state index in [1.165, 1.54) is 11.1 Å². The highest BCUT2D eigenvalue weighted by molar-refractivity contribution is 5.62. The molecular weight excluding hydrogens is 146 g/mol. The minimum absolute atomic E-state index is 0.976. The molecule has 0 aliphatic heterocycles. The van der Waals surface area contributed by atoms with Crippen molar-refractivity contribution in [2.24, 2.45) is 0 Å². The number of nitrogens with one attached hydrogen (secondary N) is 1. The standard InChI is InChI=1S/C11H15N/c1-3-12-9-10(2)11-7-5-4-6-8-11/h4-9,12H,3H2,1-2H3/b10-9+. The second-order valence-electron chi connectivity index (χ2n) is 2.75. The predicted octanol–water partition coefficient (Wildman–Crippen LogP) is 2.66. The van der Waals surface area contributed by atoms with E-state index in [4.69, 9.17) is 0 Å². The Labute approximate surface area is 74.1 Å². The van der Waals surface area contributed by atoms with E-state index in [1.807, 2.05) is 6.07 Å². The number of hydrogen-bond donors (Lipinski definition) is 1. The van der Waals surface area contributed by atoms with E-state index in [0.29, 0.717) is 0 Å². The Morgan fingerprint density at radius 2 is 2.00 bits per heavy atom. The first-order valence-corrected chi connectivity index (χ1v) is 4.30. The van der Waals surface area contributed by atoms with E-state index >= 15 is 0 Å². The molecule has 0 heterocycles. The Balaban J connectivity index is 2.71. The van der Waals surface area contributed by atoms with Crippen LogP contribution in [-0.2, 0) is 0 Å². The van der Waals surface area contributed by atoms with Crippen LogP contribution in [0, 0.1) is 0 Å². The maximum absolute atomic E-state index is 3.18. The quantitative estimate of drug-likeness (QED) is 0.718. The fourth-order valence-corrected chi connectivity index (χ4v) is 1.04. The maximum atomic E-state index is 3.18. The van der Waals surface area contributed by atoms with Crippen molar-refractivity contribution in [3.63, 3.8) is 0 Å². The molecule has 1 heteroatoms. The van der Waals surface area contributed by atoms with Gasteiger partial charge in [-0.05, 0) is 31.2 Å². The minimum atomic E-state index is 0.976. The van der Waals surface area contributed by atoms with Crippen molar-refractivity contribution in [2.45, 2.75) is 13.8 Å². The summed E-state index contributed by atoms with van der Waals surface area (Å²) in [6.45, 7) is 5.18. The second-order valence-corrected chi connectivity index (χ2v) is 2.75. The monoisotopic (exact) mass is 161 g/mol. The van der Waals surface area contributed by atoms with Gasteiger partial charge in [0.1, 0.15) is 0 Å². The summed E-state index contributed by atoms with van der Waals surface area (Å²) >= 11 is 0. The SMILES string of the molecule is CCN/C=C(\C)c1ccccc1. The van der Waals surface area contributed by atoms with Crippen molar-refractivity contribution >= 4 is 5.57 Å². The number of allylic oxidation sites excluding steroid dienone is 1. The summed E-state index contributed by atoms with van der Waals surface area (Å²) in [5.74, 6) is 0. The van der Waals surface area contributed by atoms with Crippen LogP contribution in [0.1, 0.15) is 19.4 Å². The summed E-state index contributed by atoms with van der Waals surface area (Å²) in [7, 11) is 0. The molecule has 0 aromatic heterocycles. The van der Waals surface area contributed by atoms with Crippen molar-refractivity contribution in [3.8, 4) is 0 Å². The highest BCUT2D eigenvalue weighted by atomic mass is 14.8. The lowest BCUT2D eigenvalue weighted by Gasteiger charge is -2.01. The van der Waals surface area contributed by atoms with Gasteiger partial charge in [0.15, 0.2) is 0 Å². The molecule has 1 aromatic carbocycles. The molecular formula is C11H15N. The molecule has 0 spiro atoms. The summed E-state index contributed by atoms with van der Waals surface area (Å²) in [6.07, 6.45) is 2.05. The zero-order chi connectivity index (χ0) is 8.81. The van der Waals surface area contributed by atoms with Crippen molar-refractivity contribution in [1.82, 2.24) is 5.32 Å². The van der Waals surface area contributed by atoms with Crippen LogP contribution in [0.15, 0.2) is 36.5 Å². The zero-order valence-electron chi connectivity index (χ0n) is 7.67. The molecule has 0 saturated carbocycles. The van der Waals surface area contributed by atoms with Crippen LogP contribution in [-0.4, -0.2) is 6.54 Å². The van der Waals surface area contributed by atoms with Gasteiger partial charge in [0, 0.05) is 6.54 Å². The van der Waals surface area contributed by atoms with Gasteiger partial charge in [-0.2, -0.15) is 0 Å². The molecule has 0 fully saturated rings. The van der Waals surface area contributed by atoms with Crippen molar-refractivity contribution in [3.05, 3.63) is 42.1 Å². The fraction of sp³-hybridized carbons (Fsp3) is 0.273. The first-order chi connectivity index (χ1) is 5.84. The molecule has 0 unspecified atom stereocenters. The average Bonchev–Trinajstić information content (AvgIpc) is 2.15. The summed E-state index contributed by atoms with van der Waals surface area (Å²) in [5.41, 5.74) is 2.55. The number of benzene rings is 1. The first kappa shape index (κ1) is 8.85. The Kier molecular flexibility index (Phi) is 3.39. The third kappa shape index (κ3) is 2.42. The molecule has 1 aromatic rings. The van der Waals surface area contributed by atoms with Crippen LogP contribution in [0.4, 0.5) is 0 Å². The molecule has 12 heavy (non-hydrogen) atoms. The molecule has 1 rings (SSSR count). The van der Waals surface area contributed by atoms with Crippen molar-refractivity contribution in [1.29, 1.82) is 0 Å². The Bertz CT molecular complexity index is 249. The van der Waals surface area contributed by atoms with Gasteiger partial charge in [0.05, 0.1) is 0 Å². The third-order valence-electron chi connectivity index (χ3n) is 1.75. The molecule has 0 radical (unpaired) electrons. The lowest BCUT2D eigenvalue weighted by atomic mass is 10.1. The lowest BCUT2D eigenvalue weighted by molar-refractivity contribution is 0.920. The molecule has 1 nitrogen and oxygen atoms in total. The molecule has 0 saturated heterocycles. The van der Waals surface area contributed by atoms with Crippen molar-refractivity contribution < 1.29 is 0 Å². The summed E-state index contributed by atoms with van der Waals surface area (Å²) in [6, 6.07) is 10.4. The van der Waals surface area contributed by atoms with Gasteiger partial charge >= 0.3 is 0 Å². The van der Waals surface area contributed by atoms with Crippen LogP contribution in [0.5, 0.6) is 0 Å². The summed E-state index contributed by atoms with van der Waals surface area (Å²) < 4.78 is 0. The van der Waals surface area contributed by atoms with Gasteiger partial charge in [-0.3, -0.25) is 0 Å². The Morgan fingerprint density at radius 1 is 1.33 bits per heavy atom. The Morgan fingerprint density at radius 3 is 2.58 bits per heavy atom. The van der Waals surface area contributed by atoms with Crippen LogP contribution >= 0.6 is 0 Å². The third-order valence-corrected chi connectivity index (χ3v) is 1.75. The first-order valence-electron chi connectivity index (χ1n) is 4.30. The van der Waals surface area contributed by atoms with Crippen LogP contribution < -0.4 is 5.32 Å². The molecule has 0 amide bonds. The van der Waals surface area contributed by atoms with Crippen LogP contribution in [0.3, 0.4) is 0 Å². The second kappa shape index (κ2) is 4.60. The molecule has 0 aliphatic carbocycles. The van der Waals surface area contributed by atoms with E-state index < -0.39 is 0 Å². The maximum Gasteiger partial charge on any atom is 0.0113 e. The minimum Gasteiger partial charge on any atom is -0.391 e. The fourth-order valence-electron chi connectivity index (χ4n) is 1.04. The highest BCUT2D eigenvalue weighted by Crippen LogP contribution is 2.10. The lowest BCUT2D eigenvalue weighted by Crippen LogP contribution is -2.02. The van der Waals surface area contributed by atoms with Gasteiger partial charge in [-0.15, -0.1) is 0 Å². The van der Waals surface area contributed by atoms with E-state index in [2.05, 4.69) is 49.6 Å². The van der Waals surface area contributed by atoms with Gasteiger partial charge < -0.3 is 5.32 Å². The van der Waals surface area contributed by atoms with E-state index in [-0.39, 0.29) is 0 Å². The molecule has 0 atom stereocenters. The highest BCUT2D eigenvalue weighted by Gasteiger charge is 1.90. The molecule has 0 bridgehead atoms. The molecule has 0 aliphatic rings. The summed E-state index contributed by atoms with van der Waals surface area (Å²) in [4.78, 5) is 0. The van der Waals surface area contributed by atoms with E-state index in [1.54, 1.807) is 0 Å². The molecule has 1 N–H and O–H groups in total. The van der Waals surface area contributed by atoms with Gasteiger partial charge in [-0.1, -0.05) is 30.3 Å². The van der Waals surface area contributed by atoms with Crippen LogP contribution in [0.25, 0.3) is 5.57 Å². The Hall–Kier alpha value is -1.24. The van der Waals surface area contributed by atoms with Crippen molar-refractivity contribution in [2.75, 3.05) is 6.54 Å². The van der Waals surface area contributed by atoms with Gasteiger partial charge in [-0.25, -0.2) is 0 Å². The number of hydrogen-bond acceptors (Lipinski definition) is 1. The van der Waals surface area contributed by atoms with Gasteiger partial charge in [0.2, 0.25) is 0 Å².